The van der Waals surface area contributed by atoms with E-state index < -0.39 is 0 Å². The highest BCUT2D eigenvalue weighted by Gasteiger charge is 2.34. The monoisotopic (exact) mass is 372 g/mol. The van der Waals surface area contributed by atoms with Crippen LogP contribution in [-0.4, -0.2) is 51.5 Å². The van der Waals surface area contributed by atoms with Crippen LogP contribution in [0.2, 0.25) is 0 Å². The molecule has 0 spiro atoms. The normalized spacial score (nSPS) is 16.5. The maximum absolute atomic E-state index is 13.2. The first-order chi connectivity index (χ1) is 12.9. The molecule has 0 aromatic carbocycles. The Hall–Kier alpha value is -2.70. The van der Waals surface area contributed by atoms with Crippen molar-refractivity contribution in [1.29, 1.82) is 0 Å². The van der Waals surface area contributed by atoms with Crippen LogP contribution in [0, 0.1) is 0 Å². The fraction of sp³-hybridized carbons (Fsp3) is 0.500. The van der Waals surface area contributed by atoms with Crippen molar-refractivity contribution in [3.05, 3.63) is 48.2 Å². The number of nitrogens with one attached hydrogen (secondary N) is 1. The van der Waals surface area contributed by atoms with Gasteiger partial charge in [-0.2, -0.15) is 0 Å². The zero-order valence-corrected chi connectivity index (χ0v) is 16.4. The molecule has 7 nitrogen and oxygen atoms in total. The van der Waals surface area contributed by atoms with E-state index in [9.17, 15) is 9.59 Å². The molecule has 0 bridgehead atoms. The van der Waals surface area contributed by atoms with Crippen molar-refractivity contribution < 1.29 is 14.0 Å². The molecular formula is C20H28N4O3. The fourth-order valence-corrected chi connectivity index (χ4v) is 3.49. The number of urea groups is 1. The van der Waals surface area contributed by atoms with Crippen LogP contribution in [0.5, 0.6) is 0 Å². The van der Waals surface area contributed by atoms with E-state index in [-0.39, 0.29) is 36.6 Å². The van der Waals surface area contributed by atoms with Crippen molar-refractivity contribution in [3.63, 3.8) is 0 Å². The lowest BCUT2D eigenvalue weighted by Crippen LogP contribution is -2.52. The number of carbonyl (C=O) groups excluding carboxylic acids is 2. The Kier molecular flexibility index (Phi) is 5.58. The Morgan fingerprint density at radius 2 is 2.04 bits per heavy atom. The highest BCUT2D eigenvalue weighted by Crippen LogP contribution is 2.32. The van der Waals surface area contributed by atoms with E-state index in [4.69, 9.17) is 4.42 Å². The smallest absolute Gasteiger partial charge is 0.318 e. The van der Waals surface area contributed by atoms with Gasteiger partial charge in [0.25, 0.3) is 0 Å². The van der Waals surface area contributed by atoms with E-state index in [1.807, 2.05) is 57.0 Å². The maximum Gasteiger partial charge on any atom is 0.318 e. The molecule has 0 radical (unpaired) electrons. The van der Waals surface area contributed by atoms with Crippen molar-refractivity contribution in [1.82, 2.24) is 19.7 Å². The first-order valence-corrected chi connectivity index (χ1v) is 9.42. The molecule has 1 aliphatic heterocycles. The van der Waals surface area contributed by atoms with E-state index in [1.54, 1.807) is 17.4 Å². The number of hydrogen-bond donors (Lipinski definition) is 1. The average molecular weight is 372 g/mol. The van der Waals surface area contributed by atoms with E-state index >= 15 is 0 Å². The molecule has 0 saturated carbocycles. The number of nitrogens with zero attached hydrogens (tertiary/aromatic N) is 3. The van der Waals surface area contributed by atoms with Crippen LogP contribution in [0.3, 0.4) is 0 Å². The van der Waals surface area contributed by atoms with Gasteiger partial charge in [-0.1, -0.05) is 0 Å². The summed E-state index contributed by atoms with van der Waals surface area (Å²) in [6.45, 7) is 9.03. The fourth-order valence-electron chi connectivity index (χ4n) is 3.49. The second-order valence-corrected chi connectivity index (χ2v) is 7.50. The number of hydrogen-bond acceptors (Lipinski definition) is 3. The van der Waals surface area contributed by atoms with Gasteiger partial charge in [0.15, 0.2) is 0 Å². The Balaban J connectivity index is 1.83. The third kappa shape index (κ3) is 4.02. The Morgan fingerprint density at radius 3 is 2.67 bits per heavy atom. The van der Waals surface area contributed by atoms with Gasteiger partial charge in [0.1, 0.15) is 12.6 Å². The predicted molar refractivity (Wildman–Crippen MR) is 102 cm³/mol. The summed E-state index contributed by atoms with van der Waals surface area (Å²) in [6, 6.07) is 5.44. The van der Waals surface area contributed by atoms with Crippen molar-refractivity contribution in [3.8, 4) is 0 Å². The van der Waals surface area contributed by atoms with Crippen molar-refractivity contribution >= 4 is 11.9 Å². The van der Waals surface area contributed by atoms with E-state index in [2.05, 4.69) is 9.88 Å². The summed E-state index contributed by atoms with van der Waals surface area (Å²) in [4.78, 5) is 29.1. The molecule has 0 saturated heterocycles. The Labute approximate surface area is 159 Å². The molecule has 7 heteroatoms. The second kappa shape index (κ2) is 7.90. The van der Waals surface area contributed by atoms with Gasteiger partial charge in [-0.25, -0.2) is 4.79 Å². The van der Waals surface area contributed by atoms with Gasteiger partial charge < -0.3 is 24.1 Å². The minimum absolute atomic E-state index is 0.0193. The number of carbonyl (C=O) groups is 2. The summed E-state index contributed by atoms with van der Waals surface area (Å²) < 4.78 is 7.43. The third-order valence-electron chi connectivity index (χ3n) is 4.82. The number of aromatic nitrogens is 1. The number of amides is 3. The zero-order valence-electron chi connectivity index (χ0n) is 16.4. The topological polar surface area (TPSA) is 70.7 Å². The zero-order chi connectivity index (χ0) is 19.6. The van der Waals surface area contributed by atoms with Gasteiger partial charge in [0.2, 0.25) is 5.91 Å². The van der Waals surface area contributed by atoms with Gasteiger partial charge in [0.05, 0.1) is 12.5 Å². The molecule has 3 rings (SSSR count). The van der Waals surface area contributed by atoms with Crippen LogP contribution in [-0.2, 0) is 11.3 Å². The second-order valence-electron chi connectivity index (χ2n) is 7.50. The third-order valence-corrected chi connectivity index (χ3v) is 4.82. The Morgan fingerprint density at radius 1 is 1.26 bits per heavy atom. The van der Waals surface area contributed by atoms with E-state index in [0.717, 1.165) is 17.8 Å². The van der Waals surface area contributed by atoms with Crippen LogP contribution < -0.4 is 5.32 Å². The van der Waals surface area contributed by atoms with Crippen LogP contribution >= 0.6 is 0 Å². The molecule has 1 aliphatic rings. The molecule has 1 atom stereocenters. The lowest BCUT2D eigenvalue weighted by atomic mass is 10.0. The summed E-state index contributed by atoms with van der Waals surface area (Å²) in [7, 11) is 0. The molecule has 0 unspecified atom stereocenters. The molecule has 27 heavy (non-hydrogen) atoms. The molecule has 3 amide bonds. The molecule has 1 N–H and O–H groups in total. The van der Waals surface area contributed by atoms with E-state index in [1.165, 1.54) is 0 Å². The van der Waals surface area contributed by atoms with Crippen molar-refractivity contribution in [2.75, 3.05) is 13.1 Å². The molecule has 2 aromatic heterocycles. The first kappa shape index (κ1) is 19.1. The summed E-state index contributed by atoms with van der Waals surface area (Å²) in [5.74, 6) is -0.0683. The van der Waals surface area contributed by atoms with Crippen LogP contribution in [0.1, 0.15) is 45.0 Å². The molecular weight excluding hydrogens is 344 g/mol. The van der Waals surface area contributed by atoms with Crippen molar-refractivity contribution in [2.45, 2.75) is 52.4 Å². The van der Waals surface area contributed by atoms with Crippen LogP contribution in [0.25, 0.3) is 0 Å². The van der Waals surface area contributed by atoms with Crippen molar-refractivity contribution in [2.24, 2.45) is 0 Å². The molecule has 2 aromatic rings. The lowest BCUT2D eigenvalue weighted by Gasteiger charge is -2.38. The van der Waals surface area contributed by atoms with Gasteiger partial charge in [-0.15, -0.1) is 0 Å². The average Bonchev–Trinajstić information content (AvgIpc) is 3.28. The van der Waals surface area contributed by atoms with Gasteiger partial charge in [0, 0.05) is 42.6 Å². The molecule has 0 aliphatic carbocycles. The number of fused-ring (bicyclic) bond motifs is 1. The van der Waals surface area contributed by atoms with Gasteiger partial charge in [-0.3, -0.25) is 4.79 Å². The van der Waals surface area contributed by atoms with Crippen LogP contribution in [0.15, 0.2) is 41.3 Å². The molecule has 146 valence electrons. The Bertz CT molecular complexity index is 779. The number of furan rings is 1. The summed E-state index contributed by atoms with van der Waals surface area (Å²) in [5.41, 5.74) is 1.99. The number of rotatable bonds is 5. The molecule has 0 fully saturated rings. The maximum atomic E-state index is 13.2. The predicted octanol–water partition coefficient (Wildman–Crippen LogP) is 2.84. The minimum Gasteiger partial charge on any atom is -0.472 e. The standard InChI is InChI=1S/C20H28N4O3/c1-14(2)21-20(26)24(15(3)4)12-18(25)23-10-9-22-8-5-6-17(22)19(23)16-7-11-27-13-16/h5-8,11,13-15,19H,9-10,12H2,1-4H3,(H,21,26)/t19-/m0/s1. The summed E-state index contributed by atoms with van der Waals surface area (Å²) in [6.07, 6.45) is 5.33. The van der Waals surface area contributed by atoms with Gasteiger partial charge in [-0.05, 0) is 45.9 Å². The quantitative estimate of drug-likeness (QED) is 0.877. The highest BCUT2D eigenvalue weighted by atomic mass is 16.3. The molecule has 3 heterocycles. The SMILES string of the molecule is CC(C)NC(=O)N(CC(=O)N1CCn2cccc2[C@@H]1c1ccoc1)C(C)C. The van der Waals surface area contributed by atoms with Gasteiger partial charge >= 0.3 is 6.03 Å². The largest absolute Gasteiger partial charge is 0.472 e. The van der Waals surface area contributed by atoms with Crippen LogP contribution in [0.4, 0.5) is 4.79 Å². The summed E-state index contributed by atoms with van der Waals surface area (Å²) >= 11 is 0. The highest BCUT2D eigenvalue weighted by molar-refractivity contribution is 5.85. The lowest BCUT2D eigenvalue weighted by molar-refractivity contribution is -0.134. The minimum atomic E-state index is -0.214. The van der Waals surface area contributed by atoms with E-state index in [0.29, 0.717) is 6.54 Å². The summed E-state index contributed by atoms with van der Waals surface area (Å²) in [5, 5.41) is 2.88. The first-order valence-electron chi connectivity index (χ1n) is 9.42.